The van der Waals surface area contributed by atoms with Crippen LogP contribution in [0, 0.1) is 6.92 Å². The summed E-state index contributed by atoms with van der Waals surface area (Å²) in [5.41, 5.74) is 0.853. The molecule has 5 rings (SSSR count). The Morgan fingerprint density at radius 1 is 1.12 bits per heavy atom. The average molecular weight is 481 g/mol. The first kappa shape index (κ1) is 22.5. The molecule has 3 heterocycles. The number of carbonyl (C=O) groups is 2. The molecular weight excluding hydrogens is 452 g/mol. The molecule has 3 aromatic rings. The van der Waals surface area contributed by atoms with Gasteiger partial charge in [0.1, 0.15) is 11.5 Å². The van der Waals surface area contributed by atoms with E-state index in [1.54, 1.807) is 11.0 Å². The van der Waals surface area contributed by atoms with Crippen LogP contribution in [0.1, 0.15) is 53.7 Å². The first-order valence-corrected chi connectivity index (χ1v) is 12.5. The van der Waals surface area contributed by atoms with E-state index in [1.807, 2.05) is 48.7 Å². The van der Waals surface area contributed by atoms with Gasteiger partial charge in [0.15, 0.2) is 17.5 Å². The van der Waals surface area contributed by atoms with Gasteiger partial charge in [-0.15, -0.1) is 11.3 Å². The van der Waals surface area contributed by atoms with Crippen LogP contribution in [0.25, 0.3) is 0 Å². The lowest BCUT2D eigenvalue weighted by Gasteiger charge is -2.31. The van der Waals surface area contributed by atoms with Crippen molar-refractivity contribution in [3.63, 3.8) is 0 Å². The van der Waals surface area contributed by atoms with Crippen LogP contribution in [0.4, 0.5) is 0 Å². The normalized spacial score (nSPS) is 15.9. The van der Waals surface area contributed by atoms with E-state index in [0.29, 0.717) is 23.0 Å². The topological polar surface area (TPSA) is 81.0 Å². The lowest BCUT2D eigenvalue weighted by molar-refractivity contribution is -0.142. The molecule has 34 heavy (non-hydrogen) atoms. The summed E-state index contributed by atoms with van der Waals surface area (Å²) in [5.74, 6) is 2.14. The highest BCUT2D eigenvalue weighted by Gasteiger charge is 2.35. The Labute approximate surface area is 202 Å². The van der Waals surface area contributed by atoms with Gasteiger partial charge in [-0.3, -0.25) is 9.59 Å². The van der Waals surface area contributed by atoms with Gasteiger partial charge < -0.3 is 24.1 Å². The van der Waals surface area contributed by atoms with E-state index in [1.165, 1.54) is 11.3 Å². The molecule has 1 saturated carbocycles. The minimum atomic E-state index is -0.868. The molecule has 1 aliphatic carbocycles. The molecule has 0 spiro atoms. The third kappa shape index (κ3) is 4.97. The zero-order valence-corrected chi connectivity index (χ0v) is 19.9. The number of carbonyl (C=O) groups excluding carboxylic acids is 2. The quantitative estimate of drug-likeness (QED) is 0.503. The van der Waals surface area contributed by atoms with Gasteiger partial charge in [0.25, 0.3) is 5.91 Å². The van der Waals surface area contributed by atoms with Crippen LogP contribution in [0.2, 0.25) is 0 Å². The molecule has 1 fully saturated rings. The van der Waals surface area contributed by atoms with Crippen molar-refractivity contribution < 1.29 is 23.5 Å². The third-order valence-electron chi connectivity index (χ3n) is 6.31. The predicted octanol–water partition coefficient (Wildman–Crippen LogP) is 4.75. The number of rotatable bonds is 8. The Balaban J connectivity index is 1.48. The number of benzene rings is 1. The summed E-state index contributed by atoms with van der Waals surface area (Å²) in [6.45, 7) is 2.26. The molecule has 178 valence electrons. The molecule has 1 atom stereocenters. The van der Waals surface area contributed by atoms with Gasteiger partial charge in [0.05, 0.1) is 6.42 Å². The Bertz CT molecular complexity index is 1150. The first-order valence-electron chi connectivity index (χ1n) is 11.6. The van der Waals surface area contributed by atoms with Crippen molar-refractivity contribution >= 4 is 23.2 Å². The Morgan fingerprint density at radius 3 is 2.68 bits per heavy atom. The maximum absolute atomic E-state index is 13.7. The summed E-state index contributed by atoms with van der Waals surface area (Å²) >= 11 is 1.53. The monoisotopic (exact) mass is 480 g/mol. The van der Waals surface area contributed by atoms with E-state index >= 15 is 0 Å². The first-order chi connectivity index (χ1) is 16.6. The number of ether oxygens (including phenoxy) is 2. The summed E-state index contributed by atoms with van der Waals surface area (Å²) in [6.07, 6.45) is 4.35. The average Bonchev–Trinajstić information content (AvgIpc) is 3.62. The number of nitrogens with zero attached hydrogens (tertiary/aromatic N) is 1. The molecule has 2 aromatic heterocycles. The van der Waals surface area contributed by atoms with Crippen molar-refractivity contribution in [2.24, 2.45) is 0 Å². The molecule has 0 bridgehead atoms. The second-order valence-corrected chi connectivity index (χ2v) is 9.84. The molecule has 0 unspecified atom stereocenters. The number of hydrogen-bond donors (Lipinski definition) is 1. The lowest BCUT2D eigenvalue weighted by atomic mass is 10.1. The highest BCUT2D eigenvalue weighted by molar-refractivity contribution is 7.10. The number of amides is 2. The van der Waals surface area contributed by atoms with Crippen LogP contribution in [0.3, 0.4) is 0 Å². The Morgan fingerprint density at radius 2 is 1.94 bits per heavy atom. The molecule has 2 amide bonds. The van der Waals surface area contributed by atoms with E-state index in [2.05, 4.69) is 5.32 Å². The van der Waals surface area contributed by atoms with Crippen molar-refractivity contribution in [3.8, 4) is 11.5 Å². The Kier molecular flexibility index (Phi) is 6.58. The standard InChI is InChI=1S/C26H28N2O5S/c1-17-8-10-22(33-17)25(26(30)27-19-5-2-3-6-19)28(24(29)14-20-7-4-12-34-20)15-18-9-11-21-23(13-18)32-16-31-21/h4,7-13,19,25H,2-3,5-6,14-16H2,1H3,(H,27,30)/t25-/m1/s1. The fraction of sp³-hybridized carbons (Fsp3) is 0.385. The zero-order chi connectivity index (χ0) is 23.5. The highest BCUT2D eigenvalue weighted by Crippen LogP contribution is 2.34. The second kappa shape index (κ2) is 9.93. The highest BCUT2D eigenvalue weighted by atomic mass is 32.1. The summed E-state index contributed by atoms with van der Waals surface area (Å²) in [7, 11) is 0. The molecule has 1 aliphatic heterocycles. The fourth-order valence-corrected chi connectivity index (χ4v) is 5.29. The molecule has 2 aliphatic rings. The SMILES string of the molecule is Cc1ccc([C@H](C(=O)NC2CCCC2)N(Cc2ccc3c(c2)OCO3)C(=O)Cc2cccs2)o1. The van der Waals surface area contributed by atoms with Crippen molar-refractivity contribution in [3.05, 3.63) is 69.8 Å². The molecule has 0 radical (unpaired) electrons. The summed E-state index contributed by atoms with van der Waals surface area (Å²) < 4.78 is 16.9. The number of aryl methyl sites for hydroxylation is 1. The summed E-state index contributed by atoms with van der Waals surface area (Å²) in [6, 6.07) is 12.3. The van der Waals surface area contributed by atoms with E-state index < -0.39 is 6.04 Å². The second-order valence-electron chi connectivity index (χ2n) is 8.81. The summed E-state index contributed by atoms with van der Waals surface area (Å²) in [4.78, 5) is 29.9. The number of furan rings is 1. The van der Waals surface area contributed by atoms with Gasteiger partial charge in [-0.05, 0) is 61.0 Å². The molecule has 1 aromatic carbocycles. The smallest absolute Gasteiger partial charge is 0.250 e. The Hall–Kier alpha value is -3.26. The number of nitrogens with one attached hydrogen (secondary N) is 1. The van der Waals surface area contributed by atoms with E-state index in [-0.39, 0.29) is 37.6 Å². The molecular formula is C26H28N2O5S. The molecule has 1 N–H and O–H groups in total. The van der Waals surface area contributed by atoms with Gasteiger partial charge in [0.2, 0.25) is 12.7 Å². The number of hydrogen-bond acceptors (Lipinski definition) is 6. The maximum Gasteiger partial charge on any atom is 0.250 e. The lowest BCUT2D eigenvalue weighted by Crippen LogP contribution is -2.46. The van der Waals surface area contributed by atoms with Crippen LogP contribution in [-0.2, 0) is 22.6 Å². The minimum Gasteiger partial charge on any atom is -0.464 e. The van der Waals surface area contributed by atoms with Crippen LogP contribution >= 0.6 is 11.3 Å². The van der Waals surface area contributed by atoms with Crippen molar-refractivity contribution in [2.75, 3.05) is 6.79 Å². The summed E-state index contributed by atoms with van der Waals surface area (Å²) in [5, 5.41) is 5.12. The molecule has 8 heteroatoms. The largest absolute Gasteiger partial charge is 0.464 e. The minimum absolute atomic E-state index is 0.130. The van der Waals surface area contributed by atoms with Gasteiger partial charge in [-0.2, -0.15) is 0 Å². The molecule has 0 saturated heterocycles. The van der Waals surface area contributed by atoms with Crippen LogP contribution in [0.5, 0.6) is 11.5 Å². The third-order valence-corrected chi connectivity index (χ3v) is 7.18. The van der Waals surface area contributed by atoms with Gasteiger partial charge >= 0.3 is 0 Å². The van der Waals surface area contributed by atoms with E-state index in [4.69, 9.17) is 13.9 Å². The van der Waals surface area contributed by atoms with E-state index in [9.17, 15) is 9.59 Å². The predicted molar refractivity (Wildman–Crippen MR) is 128 cm³/mol. The number of fused-ring (bicyclic) bond motifs is 1. The zero-order valence-electron chi connectivity index (χ0n) is 19.1. The van der Waals surface area contributed by atoms with Crippen molar-refractivity contribution in [2.45, 2.75) is 57.7 Å². The van der Waals surface area contributed by atoms with Gasteiger partial charge in [-0.1, -0.05) is 25.0 Å². The van der Waals surface area contributed by atoms with Crippen LogP contribution < -0.4 is 14.8 Å². The van der Waals surface area contributed by atoms with Gasteiger partial charge in [0, 0.05) is 17.5 Å². The van der Waals surface area contributed by atoms with E-state index in [0.717, 1.165) is 36.1 Å². The van der Waals surface area contributed by atoms with Crippen LogP contribution in [0.15, 0.2) is 52.3 Å². The van der Waals surface area contributed by atoms with Crippen LogP contribution in [-0.4, -0.2) is 29.5 Å². The fourth-order valence-electron chi connectivity index (χ4n) is 4.60. The van der Waals surface area contributed by atoms with Gasteiger partial charge in [-0.25, -0.2) is 0 Å². The van der Waals surface area contributed by atoms with Crippen molar-refractivity contribution in [1.82, 2.24) is 10.2 Å². The van der Waals surface area contributed by atoms with Crippen molar-refractivity contribution in [1.29, 1.82) is 0 Å². The molecule has 7 nitrogen and oxygen atoms in total. The number of thiophene rings is 1. The maximum atomic E-state index is 13.7.